The summed E-state index contributed by atoms with van der Waals surface area (Å²) in [6.07, 6.45) is 4.70. The zero-order valence-corrected chi connectivity index (χ0v) is 10.1. The molecule has 0 amide bonds. The molecule has 1 heterocycles. The molecule has 2 N–H and O–H groups in total. The quantitative estimate of drug-likeness (QED) is 0.443. The van der Waals surface area contributed by atoms with Crippen molar-refractivity contribution in [3.8, 4) is 0 Å². The zero-order chi connectivity index (χ0) is 11.8. The van der Waals surface area contributed by atoms with Crippen LogP contribution in [-0.2, 0) is 6.54 Å². The fourth-order valence-electron chi connectivity index (χ4n) is 1.51. The molecule has 0 saturated carbocycles. The molecule has 1 aromatic heterocycles. The number of nitrogens with two attached hydrogens (primary N) is 1. The Bertz CT molecular complexity index is 300. The molecule has 0 unspecified atom stereocenters. The van der Waals surface area contributed by atoms with Gasteiger partial charge in [0, 0.05) is 38.6 Å². The lowest BCUT2D eigenvalue weighted by molar-refractivity contribution is 0.457. The minimum atomic E-state index is 0.644. The lowest BCUT2D eigenvalue weighted by atomic mass is 10.4. The lowest BCUT2D eigenvalue weighted by Gasteiger charge is -2.19. The van der Waals surface area contributed by atoms with Crippen molar-refractivity contribution in [2.75, 3.05) is 19.6 Å². The molecule has 0 aliphatic heterocycles. The van der Waals surface area contributed by atoms with Crippen LogP contribution in [0.25, 0.3) is 0 Å². The van der Waals surface area contributed by atoms with Gasteiger partial charge in [-0.05, 0) is 26.3 Å². The second-order valence-electron chi connectivity index (χ2n) is 3.53. The zero-order valence-electron chi connectivity index (χ0n) is 10.1. The van der Waals surface area contributed by atoms with Crippen LogP contribution in [0.4, 0.5) is 0 Å². The molecule has 0 spiro atoms. The van der Waals surface area contributed by atoms with Gasteiger partial charge in [-0.3, -0.25) is 9.67 Å². The number of guanidine groups is 1. The lowest BCUT2D eigenvalue weighted by Crippen LogP contribution is -2.37. The van der Waals surface area contributed by atoms with E-state index >= 15 is 0 Å². The van der Waals surface area contributed by atoms with Gasteiger partial charge in [-0.25, -0.2) is 0 Å². The molecular weight excluding hydrogens is 202 g/mol. The van der Waals surface area contributed by atoms with E-state index in [0.29, 0.717) is 5.96 Å². The fourth-order valence-corrected chi connectivity index (χ4v) is 1.51. The van der Waals surface area contributed by atoms with Crippen molar-refractivity contribution in [3.63, 3.8) is 0 Å². The minimum Gasteiger partial charge on any atom is -0.370 e. The van der Waals surface area contributed by atoms with E-state index in [1.807, 2.05) is 21.8 Å². The number of aliphatic imine (C=N–C) groups is 1. The maximum atomic E-state index is 5.85. The fraction of sp³-hybridized carbons (Fsp3) is 0.636. The third-order valence-electron chi connectivity index (χ3n) is 2.47. The average molecular weight is 223 g/mol. The largest absolute Gasteiger partial charge is 0.370 e. The number of rotatable bonds is 6. The Morgan fingerprint density at radius 3 is 2.75 bits per heavy atom. The molecule has 1 rings (SSSR count). The standard InChI is InChI=1S/C11H21N5/c1-3-15(4-2)11(12)13-7-5-9-16-10-6-8-14-16/h6,8,10H,3-5,7,9H2,1-2H3,(H2,12,13). The van der Waals surface area contributed by atoms with E-state index in [1.54, 1.807) is 6.20 Å². The normalized spacial score (nSPS) is 11.8. The summed E-state index contributed by atoms with van der Waals surface area (Å²) >= 11 is 0. The summed E-state index contributed by atoms with van der Waals surface area (Å²) in [6.45, 7) is 7.62. The SMILES string of the molecule is CCN(CC)C(N)=NCCCn1cccn1. The minimum absolute atomic E-state index is 0.644. The van der Waals surface area contributed by atoms with Crippen molar-refractivity contribution in [2.24, 2.45) is 10.7 Å². The van der Waals surface area contributed by atoms with E-state index < -0.39 is 0 Å². The van der Waals surface area contributed by atoms with Crippen molar-refractivity contribution < 1.29 is 0 Å². The van der Waals surface area contributed by atoms with E-state index in [4.69, 9.17) is 5.73 Å². The summed E-state index contributed by atoms with van der Waals surface area (Å²) in [7, 11) is 0. The highest BCUT2D eigenvalue weighted by Gasteiger charge is 2.00. The van der Waals surface area contributed by atoms with Gasteiger partial charge in [0.1, 0.15) is 0 Å². The van der Waals surface area contributed by atoms with Crippen LogP contribution in [0.5, 0.6) is 0 Å². The van der Waals surface area contributed by atoms with E-state index in [1.165, 1.54) is 0 Å². The Hall–Kier alpha value is -1.52. The number of hydrogen-bond donors (Lipinski definition) is 1. The van der Waals surface area contributed by atoms with E-state index in [-0.39, 0.29) is 0 Å². The first-order chi connectivity index (χ1) is 7.77. The predicted octanol–water partition coefficient (Wildman–Crippen LogP) is 0.930. The number of aromatic nitrogens is 2. The second kappa shape index (κ2) is 6.87. The van der Waals surface area contributed by atoms with E-state index in [2.05, 4.69) is 23.9 Å². The summed E-state index contributed by atoms with van der Waals surface area (Å²) in [5.41, 5.74) is 5.85. The van der Waals surface area contributed by atoms with Crippen molar-refractivity contribution in [3.05, 3.63) is 18.5 Å². The molecule has 0 fully saturated rings. The van der Waals surface area contributed by atoms with Gasteiger partial charge in [-0.1, -0.05) is 0 Å². The van der Waals surface area contributed by atoms with Crippen molar-refractivity contribution >= 4 is 5.96 Å². The maximum Gasteiger partial charge on any atom is 0.191 e. The molecule has 0 aliphatic carbocycles. The second-order valence-corrected chi connectivity index (χ2v) is 3.53. The monoisotopic (exact) mass is 223 g/mol. The maximum absolute atomic E-state index is 5.85. The molecule has 16 heavy (non-hydrogen) atoms. The van der Waals surface area contributed by atoms with Crippen LogP contribution in [-0.4, -0.2) is 40.3 Å². The van der Waals surface area contributed by atoms with Gasteiger partial charge in [-0.15, -0.1) is 0 Å². The van der Waals surface area contributed by atoms with Crippen LogP contribution in [0.3, 0.4) is 0 Å². The summed E-state index contributed by atoms with van der Waals surface area (Å²) < 4.78 is 1.91. The Balaban J connectivity index is 2.25. The number of nitrogens with zero attached hydrogens (tertiary/aromatic N) is 4. The Morgan fingerprint density at radius 1 is 1.44 bits per heavy atom. The molecule has 0 radical (unpaired) electrons. The molecule has 0 saturated heterocycles. The first-order valence-corrected chi connectivity index (χ1v) is 5.80. The number of aryl methyl sites for hydroxylation is 1. The van der Waals surface area contributed by atoms with E-state index in [9.17, 15) is 0 Å². The molecule has 1 aromatic rings. The molecule has 0 bridgehead atoms. The summed E-state index contributed by atoms with van der Waals surface area (Å²) in [5.74, 6) is 0.644. The Morgan fingerprint density at radius 2 is 2.19 bits per heavy atom. The predicted molar refractivity (Wildman–Crippen MR) is 66.3 cm³/mol. The van der Waals surface area contributed by atoms with Gasteiger partial charge in [-0.2, -0.15) is 5.10 Å². The van der Waals surface area contributed by atoms with Gasteiger partial charge in [0.2, 0.25) is 0 Å². The van der Waals surface area contributed by atoms with Crippen molar-refractivity contribution in [1.82, 2.24) is 14.7 Å². The topological polar surface area (TPSA) is 59.4 Å². The van der Waals surface area contributed by atoms with Crippen molar-refractivity contribution in [1.29, 1.82) is 0 Å². The van der Waals surface area contributed by atoms with Gasteiger partial charge < -0.3 is 10.6 Å². The van der Waals surface area contributed by atoms with Crippen LogP contribution in [0, 0.1) is 0 Å². The van der Waals surface area contributed by atoms with Gasteiger partial charge in [0.25, 0.3) is 0 Å². The summed E-state index contributed by atoms with van der Waals surface area (Å²) in [4.78, 5) is 6.39. The van der Waals surface area contributed by atoms with Crippen LogP contribution < -0.4 is 5.73 Å². The van der Waals surface area contributed by atoms with Crippen LogP contribution >= 0.6 is 0 Å². The molecule has 0 aliphatic rings. The molecular formula is C11H21N5. The van der Waals surface area contributed by atoms with Gasteiger partial charge >= 0.3 is 0 Å². The Kier molecular flexibility index (Phi) is 5.39. The van der Waals surface area contributed by atoms with Gasteiger partial charge in [0.15, 0.2) is 5.96 Å². The van der Waals surface area contributed by atoms with Crippen LogP contribution in [0.2, 0.25) is 0 Å². The highest BCUT2D eigenvalue weighted by molar-refractivity contribution is 5.77. The van der Waals surface area contributed by atoms with Crippen LogP contribution in [0.15, 0.2) is 23.5 Å². The third kappa shape index (κ3) is 3.92. The molecule has 90 valence electrons. The first kappa shape index (κ1) is 12.5. The molecule has 0 aromatic carbocycles. The first-order valence-electron chi connectivity index (χ1n) is 5.80. The highest BCUT2D eigenvalue weighted by Crippen LogP contribution is 1.92. The molecule has 5 nitrogen and oxygen atoms in total. The smallest absolute Gasteiger partial charge is 0.191 e. The number of hydrogen-bond acceptors (Lipinski definition) is 2. The van der Waals surface area contributed by atoms with E-state index in [0.717, 1.165) is 32.6 Å². The highest BCUT2D eigenvalue weighted by atomic mass is 15.3. The molecule has 5 heteroatoms. The molecule has 0 atom stereocenters. The van der Waals surface area contributed by atoms with Crippen LogP contribution in [0.1, 0.15) is 20.3 Å². The summed E-state index contributed by atoms with van der Waals surface area (Å²) in [5, 5.41) is 4.13. The Labute approximate surface area is 97.0 Å². The third-order valence-corrected chi connectivity index (χ3v) is 2.47. The summed E-state index contributed by atoms with van der Waals surface area (Å²) in [6, 6.07) is 1.92. The van der Waals surface area contributed by atoms with Gasteiger partial charge in [0.05, 0.1) is 0 Å². The average Bonchev–Trinajstić information content (AvgIpc) is 2.79. The van der Waals surface area contributed by atoms with Crippen molar-refractivity contribution in [2.45, 2.75) is 26.8 Å².